The van der Waals surface area contributed by atoms with Crippen LogP contribution in [-0.2, 0) is 0 Å². The molecule has 1 aliphatic carbocycles. The molecule has 0 aliphatic heterocycles. The van der Waals surface area contributed by atoms with E-state index in [1.165, 1.54) is 113 Å². The van der Waals surface area contributed by atoms with E-state index in [2.05, 4.69) is 187 Å². The molecule has 9 aromatic rings. The third kappa shape index (κ3) is 5.79. The molecule has 260 valence electrons. The van der Waals surface area contributed by atoms with E-state index in [0.29, 0.717) is 5.92 Å². The standard InChI is InChI=1S/C52H41NS/c1-3-16-36(17-4-1)37-32-34-39(35-33-37)41-22-7-10-27-46(41)53(48-29-15-31-50-52(48)45-24-9-12-30-49(45)54-50)47-28-11-8-23-43(47)44-26-14-21-40-20-13-25-42(51(40)44)38-18-5-2-6-19-38/h1,3-4,7-17,20-35,38H,2,5-6,18-19H2. The van der Waals surface area contributed by atoms with Crippen LogP contribution in [0.25, 0.3) is 64.3 Å². The van der Waals surface area contributed by atoms with E-state index in [9.17, 15) is 0 Å². The Morgan fingerprint density at radius 3 is 1.78 bits per heavy atom. The lowest BCUT2D eigenvalue weighted by Gasteiger charge is -2.31. The predicted octanol–water partition coefficient (Wildman–Crippen LogP) is 15.7. The van der Waals surface area contributed by atoms with Crippen molar-refractivity contribution >= 4 is 59.3 Å². The molecule has 1 aromatic heterocycles. The number of para-hydroxylation sites is 2. The number of hydrogen-bond donors (Lipinski definition) is 0. The van der Waals surface area contributed by atoms with Crippen molar-refractivity contribution in [2.24, 2.45) is 0 Å². The van der Waals surface area contributed by atoms with Crippen molar-refractivity contribution in [1.29, 1.82) is 0 Å². The van der Waals surface area contributed by atoms with Crippen LogP contribution in [0.15, 0.2) is 182 Å². The minimum Gasteiger partial charge on any atom is -0.309 e. The van der Waals surface area contributed by atoms with E-state index in [0.717, 1.165) is 5.69 Å². The van der Waals surface area contributed by atoms with Gasteiger partial charge in [-0.3, -0.25) is 0 Å². The maximum absolute atomic E-state index is 2.55. The predicted molar refractivity (Wildman–Crippen MR) is 234 cm³/mol. The normalized spacial score (nSPS) is 13.5. The number of hydrogen-bond acceptors (Lipinski definition) is 2. The average Bonchev–Trinajstić information content (AvgIpc) is 3.64. The van der Waals surface area contributed by atoms with Crippen molar-refractivity contribution in [2.75, 3.05) is 4.90 Å². The number of fused-ring (bicyclic) bond motifs is 4. The minimum absolute atomic E-state index is 0.595. The number of rotatable bonds is 7. The van der Waals surface area contributed by atoms with Crippen LogP contribution < -0.4 is 4.90 Å². The molecule has 0 spiro atoms. The summed E-state index contributed by atoms with van der Waals surface area (Å²) in [6, 6.07) is 67.4. The Labute approximate surface area is 321 Å². The molecule has 0 N–H and O–H groups in total. The molecule has 54 heavy (non-hydrogen) atoms. The Kier molecular flexibility index (Phi) is 8.54. The van der Waals surface area contributed by atoms with Gasteiger partial charge in [0.15, 0.2) is 0 Å². The van der Waals surface area contributed by atoms with Crippen LogP contribution in [0.2, 0.25) is 0 Å². The first-order chi connectivity index (χ1) is 26.8. The van der Waals surface area contributed by atoms with Gasteiger partial charge in [-0.25, -0.2) is 0 Å². The molecule has 0 amide bonds. The summed E-state index contributed by atoms with van der Waals surface area (Å²) in [7, 11) is 0. The van der Waals surface area contributed by atoms with E-state index in [1.54, 1.807) is 0 Å². The smallest absolute Gasteiger partial charge is 0.0555 e. The highest BCUT2D eigenvalue weighted by Crippen LogP contribution is 2.50. The lowest BCUT2D eigenvalue weighted by atomic mass is 9.80. The quantitative estimate of drug-likeness (QED) is 0.159. The first-order valence-electron chi connectivity index (χ1n) is 19.4. The Morgan fingerprint density at radius 2 is 0.963 bits per heavy atom. The molecule has 0 bridgehead atoms. The highest BCUT2D eigenvalue weighted by molar-refractivity contribution is 7.26. The second-order valence-corrected chi connectivity index (χ2v) is 15.7. The Hall–Kier alpha value is -5.96. The molecule has 10 rings (SSSR count). The molecule has 1 aliphatic rings. The summed E-state index contributed by atoms with van der Waals surface area (Å²) in [5.74, 6) is 0.595. The van der Waals surface area contributed by atoms with E-state index in [1.807, 2.05) is 11.3 Å². The molecule has 1 fully saturated rings. The zero-order valence-electron chi connectivity index (χ0n) is 30.3. The Morgan fingerprint density at radius 1 is 0.389 bits per heavy atom. The van der Waals surface area contributed by atoms with Gasteiger partial charge in [0, 0.05) is 31.3 Å². The minimum atomic E-state index is 0.595. The van der Waals surface area contributed by atoms with Crippen LogP contribution in [0.5, 0.6) is 0 Å². The van der Waals surface area contributed by atoms with Gasteiger partial charge in [-0.05, 0) is 87.7 Å². The van der Waals surface area contributed by atoms with Crippen molar-refractivity contribution in [3.63, 3.8) is 0 Å². The molecule has 0 saturated heterocycles. The van der Waals surface area contributed by atoms with Gasteiger partial charge in [0.1, 0.15) is 0 Å². The van der Waals surface area contributed by atoms with Crippen molar-refractivity contribution in [1.82, 2.24) is 0 Å². The maximum Gasteiger partial charge on any atom is 0.0555 e. The van der Waals surface area contributed by atoms with Gasteiger partial charge < -0.3 is 4.90 Å². The number of nitrogens with zero attached hydrogens (tertiary/aromatic N) is 1. The molecule has 1 saturated carbocycles. The topological polar surface area (TPSA) is 3.24 Å². The summed E-state index contributed by atoms with van der Waals surface area (Å²) in [4.78, 5) is 2.55. The van der Waals surface area contributed by atoms with Gasteiger partial charge in [-0.15, -0.1) is 11.3 Å². The summed E-state index contributed by atoms with van der Waals surface area (Å²) in [6.07, 6.45) is 6.52. The first-order valence-corrected chi connectivity index (χ1v) is 20.2. The van der Waals surface area contributed by atoms with E-state index < -0.39 is 0 Å². The number of benzene rings is 8. The Bertz CT molecular complexity index is 2750. The largest absolute Gasteiger partial charge is 0.309 e. The molecule has 1 heterocycles. The fraction of sp³-hybridized carbons (Fsp3) is 0.115. The number of thiophene rings is 1. The lowest BCUT2D eigenvalue weighted by molar-refractivity contribution is 0.445. The number of anilines is 3. The van der Waals surface area contributed by atoms with Crippen molar-refractivity contribution in [2.45, 2.75) is 38.0 Å². The summed E-state index contributed by atoms with van der Waals surface area (Å²) in [6.45, 7) is 0. The molecular formula is C52H41NS. The van der Waals surface area contributed by atoms with Gasteiger partial charge in [-0.2, -0.15) is 0 Å². The van der Waals surface area contributed by atoms with Gasteiger partial charge >= 0.3 is 0 Å². The highest BCUT2D eigenvalue weighted by Gasteiger charge is 2.25. The maximum atomic E-state index is 2.55. The third-order valence-electron chi connectivity index (χ3n) is 11.5. The second kappa shape index (κ2) is 14.1. The zero-order chi connectivity index (χ0) is 35.8. The van der Waals surface area contributed by atoms with Crippen molar-refractivity contribution in [3.8, 4) is 33.4 Å². The van der Waals surface area contributed by atoms with Gasteiger partial charge in [0.2, 0.25) is 0 Å². The zero-order valence-corrected chi connectivity index (χ0v) is 31.1. The summed E-state index contributed by atoms with van der Waals surface area (Å²) >= 11 is 1.88. The van der Waals surface area contributed by atoms with Gasteiger partial charge in [0.05, 0.1) is 17.1 Å². The van der Waals surface area contributed by atoms with Crippen LogP contribution in [0.1, 0.15) is 43.6 Å². The fourth-order valence-electron chi connectivity index (χ4n) is 8.96. The fourth-order valence-corrected chi connectivity index (χ4v) is 10.1. The van der Waals surface area contributed by atoms with E-state index in [-0.39, 0.29) is 0 Å². The van der Waals surface area contributed by atoms with Crippen LogP contribution in [0.4, 0.5) is 17.1 Å². The summed E-state index contributed by atoms with van der Waals surface area (Å²) in [5, 5.41) is 5.32. The SMILES string of the molecule is c1ccc(-c2ccc(-c3ccccc3N(c3ccccc3-c3cccc4cccc(C5CCCCC5)c34)c3cccc4sc5ccccc5c34)cc2)cc1. The molecule has 0 unspecified atom stereocenters. The summed E-state index contributed by atoms with van der Waals surface area (Å²) < 4.78 is 2.61. The second-order valence-electron chi connectivity index (χ2n) is 14.6. The highest BCUT2D eigenvalue weighted by atomic mass is 32.1. The van der Waals surface area contributed by atoms with Crippen molar-refractivity contribution in [3.05, 3.63) is 188 Å². The third-order valence-corrected chi connectivity index (χ3v) is 12.6. The van der Waals surface area contributed by atoms with Gasteiger partial charge in [0.25, 0.3) is 0 Å². The van der Waals surface area contributed by atoms with E-state index in [4.69, 9.17) is 0 Å². The molecule has 2 heteroatoms. The molecule has 8 aromatic carbocycles. The van der Waals surface area contributed by atoms with Crippen LogP contribution in [0.3, 0.4) is 0 Å². The van der Waals surface area contributed by atoms with Crippen LogP contribution >= 0.6 is 11.3 Å². The van der Waals surface area contributed by atoms with Crippen LogP contribution in [0, 0.1) is 0 Å². The van der Waals surface area contributed by atoms with Crippen molar-refractivity contribution < 1.29 is 0 Å². The van der Waals surface area contributed by atoms with E-state index >= 15 is 0 Å². The molecular weight excluding hydrogens is 671 g/mol. The lowest BCUT2D eigenvalue weighted by Crippen LogP contribution is -2.13. The van der Waals surface area contributed by atoms with Gasteiger partial charge in [-0.1, -0.05) is 171 Å². The Balaban J connectivity index is 1.23. The average molecular weight is 712 g/mol. The summed E-state index contributed by atoms with van der Waals surface area (Å²) in [5.41, 5.74) is 12.4. The van der Waals surface area contributed by atoms with Crippen LogP contribution in [-0.4, -0.2) is 0 Å². The molecule has 1 nitrogen and oxygen atoms in total. The molecule has 0 radical (unpaired) electrons. The first kappa shape index (κ1) is 32.7. The molecule has 0 atom stereocenters. The monoisotopic (exact) mass is 711 g/mol.